The zero-order chi connectivity index (χ0) is 15.9. The molecule has 0 saturated carbocycles. The monoisotopic (exact) mass is 302 g/mol. The van der Waals surface area contributed by atoms with Gasteiger partial charge >= 0.3 is 0 Å². The first-order valence-corrected chi connectivity index (χ1v) is 6.82. The van der Waals surface area contributed by atoms with Crippen LogP contribution >= 0.6 is 0 Å². The summed E-state index contributed by atoms with van der Waals surface area (Å²) < 4.78 is 9.89. The van der Waals surface area contributed by atoms with Crippen LogP contribution in [0.1, 0.15) is 22.8 Å². The Balaban J connectivity index is 1.93. The zero-order valence-electron chi connectivity index (χ0n) is 12.5. The lowest BCUT2D eigenvalue weighted by atomic mass is 10.2. The van der Waals surface area contributed by atoms with Gasteiger partial charge in [-0.1, -0.05) is 12.1 Å². The molecule has 6 nitrogen and oxygen atoms in total. The van der Waals surface area contributed by atoms with Crippen LogP contribution in [0, 0.1) is 0 Å². The molecule has 1 atom stereocenters. The molecule has 0 bridgehead atoms. The van der Waals surface area contributed by atoms with Crippen molar-refractivity contribution in [1.82, 2.24) is 5.32 Å². The second kappa shape index (κ2) is 7.42. The number of amides is 2. The average molecular weight is 302 g/mol. The number of hydrogen-bond acceptors (Lipinski definition) is 4. The van der Waals surface area contributed by atoms with Crippen molar-refractivity contribution in [2.75, 3.05) is 12.4 Å². The van der Waals surface area contributed by atoms with Gasteiger partial charge in [-0.05, 0) is 30.7 Å². The average Bonchev–Trinajstić information content (AvgIpc) is 3.02. The first-order valence-electron chi connectivity index (χ1n) is 6.82. The lowest BCUT2D eigenvalue weighted by molar-refractivity contribution is -0.117. The van der Waals surface area contributed by atoms with Crippen LogP contribution in [-0.2, 0) is 16.1 Å². The molecule has 116 valence electrons. The molecule has 0 spiro atoms. The number of furan rings is 1. The highest BCUT2D eigenvalue weighted by atomic mass is 16.5. The molecule has 0 aliphatic carbocycles. The van der Waals surface area contributed by atoms with E-state index in [4.69, 9.17) is 9.15 Å². The van der Waals surface area contributed by atoms with E-state index in [-0.39, 0.29) is 11.8 Å². The molecule has 0 radical (unpaired) electrons. The number of benzene rings is 1. The lowest BCUT2D eigenvalue weighted by Crippen LogP contribution is -2.41. The molecule has 0 saturated heterocycles. The van der Waals surface area contributed by atoms with Gasteiger partial charge < -0.3 is 19.8 Å². The fourth-order valence-corrected chi connectivity index (χ4v) is 1.90. The summed E-state index contributed by atoms with van der Waals surface area (Å²) in [7, 11) is 1.61. The Morgan fingerprint density at radius 3 is 2.82 bits per heavy atom. The zero-order valence-corrected chi connectivity index (χ0v) is 12.5. The third-order valence-electron chi connectivity index (χ3n) is 3.03. The van der Waals surface area contributed by atoms with Gasteiger partial charge in [-0.25, -0.2) is 0 Å². The van der Waals surface area contributed by atoms with E-state index in [1.165, 1.54) is 18.6 Å². The molecule has 0 fully saturated rings. The number of carbonyl (C=O) groups is 2. The molecule has 0 aliphatic rings. The van der Waals surface area contributed by atoms with Gasteiger partial charge in [-0.15, -0.1) is 0 Å². The maximum atomic E-state index is 12.1. The van der Waals surface area contributed by atoms with Gasteiger partial charge in [0.25, 0.3) is 5.91 Å². The van der Waals surface area contributed by atoms with Gasteiger partial charge in [0.2, 0.25) is 5.91 Å². The number of nitrogens with one attached hydrogen (secondary N) is 2. The molecule has 2 amide bonds. The Labute approximate surface area is 128 Å². The quantitative estimate of drug-likeness (QED) is 0.857. The molecular formula is C16H18N2O4. The summed E-state index contributed by atoms with van der Waals surface area (Å²) in [6.07, 6.45) is 2.73. The standard InChI is InChI=1S/C16H18N2O4/c1-11(17-16(20)13-6-7-22-10-13)15(19)18-14-5-3-4-12(8-14)9-21-2/h3-8,10-11H,9H2,1-2H3,(H,17,20)(H,18,19)/t11-/m0/s1. The molecule has 2 aromatic rings. The van der Waals surface area contributed by atoms with E-state index in [0.29, 0.717) is 17.9 Å². The van der Waals surface area contributed by atoms with Crippen molar-refractivity contribution >= 4 is 17.5 Å². The Bertz CT molecular complexity index is 637. The highest BCUT2D eigenvalue weighted by molar-refractivity contribution is 6.00. The minimum Gasteiger partial charge on any atom is -0.472 e. The Morgan fingerprint density at radius 1 is 1.32 bits per heavy atom. The number of carbonyl (C=O) groups excluding carboxylic acids is 2. The van der Waals surface area contributed by atoms with Crippen molar-refractivity contribution in [2.45, 2.75) is 19.6 Å². The molecule has 2 rings (SSSR count). The molecule has 0 aliphatic heterocycles. The second-order valence-electron chi connectivity index (χ2n) is 4.83. The molecule has 1 heterocycles. The van der Waals surface area contributed by atoms with Crippen molar-refractivity contribution in [2.24, 2.45) is 0 Å². The van der Waals surface area contributed by atoms with E-state index in [0.717, 1.165) is 5.56 Å². The third kappa shape index (κ3) is 4.20. The van der Waals surface area contributed by atoms with Crippen molar-refractivity contribution in [3.63, 3.8) is 0 Å². The van der Waals surface area contributed by atoms with Gasteiger partial charge in [0.05, 0.1) is 18.4 Å². The van der Waals surface area contributed by atoms with Gasteiger partial charge in [0.15, 0.2) is 0 Å². The number of methoxy groups -OCH3 is 1. The highest BCUT2D eigenvalue weighted by Crippen LogP contribution is 2.12. The van der Waals surface area contributed by atoms with E-state index < -0.39 is 6.04 Å². The SMILES string of the molecule is COCc1cccc(NC(=O)[C@H](C)NC(=O)c2ccoc2)c1. The highest BCUT2D eigenvalue weighted by Gasteiger charge is 2.17. The van der Waals surface area contributed by atoms with Gasteiger partial charge in [0.1, 0.15) is 12.3 Å². The van der Waals surface area contributed by atoms with Gasteiger partial charge in [-0.2, -0.15) is 0 Å². The summed E-state index contributed by atoms with van der Waals surface area (Å²) in [5.74, 6) is -0.657. The Morgan fingerprint density at radius 2 is 2.14 bits per heavy atom. The third-order valence-corrected chi connectivity index (χ3v) is 3.03. The Kier molecular flexibility index (Phi) is 5.32. The summed E-state index contributed by atoms with van der Waals surface area (Å²) in [4.78, 5) is 24.0. The largest absolute Gasteiger partial charge is 0.472 e. The summed E-state index contributed by atoms with van der Waals surface area (Å²) in [5.41, 5.74) is 1.99. The topological polar surface area (TPSA) is 80.6 Å². The number of rotatable bonds is 6. The van der Waals surface area contributed by atoms with E-state index in [1.54, 1.807) is 20.1 Å². The van der Waals surface area contributed by atoms with Crippen molar-refractivity contribution in [3.8, 4) is 0 Å². The van der Waals surface area contributed by atoms with Crippen molar-refractivity contribution in [3.05, 3.63) is 54.0 Å². The molecule has 22 heavy (non-hydrogen) atoms. The van der Waals surface area contributed by atoms with Crippen LogP contribution in [-0.4, -0.2) is 25.0 Å². The summed E-state index contributed by atoms with van der Waals surface area (Å²) in [6.45, 7) is 2.09. The van der Waals surface area contributed by atoms with Crippen molar-refractivity contribution in [1.29, 1.82) is 0 Å². The summed E-state index contributed by atoms with van der Waals surface area (Å²) in [5, 5.41) is 5.36. The van der Waals surface area contributed by atoms with E-state index in [9.17, 15) is 9.59 Å². The Hall–Kier alpha value is -2.60. The first-order chi connectivity index (χ1) is 10.6. The normalized spacial score (nSPS) is 11.7. The predicted molar refractivity (Wildman–Crippen MR) is 81.4 cm³/mol. The number of anilines is 1. The molecule has 1 aromatic heterocycles. The van der Waals surface area contributed by atoms with E-state index in [1.807, 2.05) is 18.2 Å². The smallest absolute Gasteiger partial charge is 0.255 e. The van der Waals surface area contributed by atoms with Crippen LogP contribution in [0.2, 0.25) is 0 Å². The maximum Gasteiger partial charge on any atom is 0.255 e. The maximum absolute atomic E-state index is 12.1. The van der Waals surface area contributed by atoms with Crippen LogP contribution in [0.5, 0.6) is 0 Å². The minimum atomic E-state index is -0.673. The molecular weight excluding hydrogens is 284 g/mol. The molecule has 6 heteroatoms. The number of ether oxygens (including phenoxy) is 1. The fraction of sp³-hybridized carbons (Fsp3) is 0.250. The second-order valence-corrected chi connectivity index (χ2v) is 4.83. The van der Waals surface area contributed by atoms with Crippen LogP contribution in [0.15, 0.2) is 47.3 Å². The van der Waals surface area contributed by atoms with Gasteiger partial charge in [0, 0.05) is 12.8 Å². The van der Waals surface area contributed by atoms with Crippen LogP contribution in [0.4, 0.5) is 5.69 Å². The summed E-state index contributed by atoms with van der Waals surface area (Å²) in [6, 6.07) is 8.21. The van der Waals surface area contributed by atoms with Crippen LogP contribution < -0.4 is 10.6 Å². The summed E-state index contributed by atoms with van der Waals surface area (Å²) >= 11 is 0. The minimum absolute atomic E-state index is 0.300. The fourth-order valence-electron chi connectivity index (χ4n) is 1.90. The van der Waals surface area contributed by atoms with E-state index >= 15 is 0 Å². The molecule has 0 unspecified atom stereocenters. The first kappa shape index (κ1) is 15.8. The predicted octanol–water partition coefficient (Wildman–Crippen LogP) is 2.18. The van der Waals surface area contributed by atoms with Crippen LogP contribution in [0.25, 0.3) is 0 Å². The molecule has 1 aromatic carbocycles. The van der Waals surface area contributed by atoms with Crippen LogP contribution in [0.3, 0.4) is 0 Å². The lowest BCUT2D eigenvalue weighted by Gasteiger charge is -2.14. The molecule has 2 N–H and O–H groups in total. The van der Waals surface area contributed by atoms with Crippen molar-refractivity contribution < 1.29 is 18.7 Å². The van der Waals surface area contributed by atoms with Gasteiger partial charge in [-0.3, -0.25) is 9.59 Å². The number of hydrogen-bond donors (Lipinski definition) is 2. The van der Waals surface area contributed by atoms with E-state index in [2.05, 4.69) is 10.6 Å².